The first-order valence-electron chi connectivity index (χ1n) is 7.65. The Balaban J connectivity index is 0.00000264. The summed E-state index contributed by atoms with van der Waals surface area (Å²) in [6.07, 6.45) is 0.855. The minimum absolute atomic E-state index is 0. The van der Waals surface area contributed by atoms with Crippen molar-refractivity contribution in [1.82, 2.24) is 20.3 Å². The van der Waals surface area contributed by atoms with Gasteiger partial charge in [-0.25, -0.2) is 0 Å². The van der Waals surface area contributed by atoms with Crippen LogP contribution in [0.2, 0.25) is 0 Å². The number of carbonyl (C=O) groups excluding carboxylic acids is 1. The number of hydrogen-bond acceptors (Lipinski definition) is 4. The average molecular weight is 435 g/mol. The second-order valence-electron chi connectivity index (χ2n) is 5.52. The number of hydrogen-bond donors (Lipinski definition) is 1. The summed E-state index contributed by atoms with van der Waals surface area (Å²) in [5.74, 6) is 1.90. The van der Waals surface area contributed by atoms with E-state index in [9.17, 15) is 4.79 Å². The maximum absolute atomic E-state index is 11.4. The van der Waals surface area contributed by atoms with Crippen molar-refractivity contribution in [2.45, 2.75) is 27.2 Å². The second kappa shape index (κ2) is 9.09. The van der Waals surface area contributed by atoms with E-state index in [1.165, 1.54) is 0 Å². The van der Waals surface area contributed by atoms with E-state index in [0.29, 0.717) is 0 Å². The maximum atomic E-state index is 11.4. The number of amides is 1. The molecule has 8 heteroatoms. The highest BCUT2D eigenvalue weighted by Crippen LogP contribution is 2.12. The highest BCUT2D eigenvalue weighted by atomic mass is 127. The van der Waals surface area contributed by atoms with Crippen molar-refractivity contribution in [2.24, 2.45) is 4.99 Å². The molecule has 0 aliphatic carbocycles. The van der Waals surface area contributed by atoms with Gasteiger partial charge in [0.25, 0.3) is 0 Å². The van der Waals surface area contributed by atoms with Gasteiger partial charge in [-0.15, -0.1) is 24.0 Å². The third kappa shape index (κ3) is 5.08. The number of carbonyl (C=O) groups is 1. The minimum atomic E-state index is 0. The van der Waals surface area contributed by atoms with Crippen LogP contribution in [0.25, 0.3) is 0 Å². The summed E-state index contributed by atoms with van der Waals surface area (Å²) in [7, 11) is 1.79. The molecule has 2 rings (SSSR count). The van der Waals surface area contributed by atoms with Crippen molar-refractivity contribution >= 4 is 35.8 Å². The topological polar surface area (TPSA) is 74.0 Å². The van der Waals surface area contributed by atoms with Gasteiger partial charge in [-0.05, 0) is 20.3 Å². The molecule has 1 N–H and O–H groups in total. The van der Waals surface area contributed by atoms with E-state index in [4.69, 9.17) is 4.52 Å². The molecule has 1 amide bonds. The normalized spacial score (nSPS) is 15.4. The highest BCUT2D eigenvalue weighted by Gasteiger charge is 2.20. The molecule has 1 aromatic heterocycles. The van der Waals surface area contributed by atoms with Crippen molar-refractivity contribution in [1.29, 1.82) is 0 Å². The molecule has 0 radical (unpaired) electrons. The Morgan fingerprint density at radius 2 is 1.87 bits per heavy atom. The fourth-order valence-electron chi connectivity index (χ4n) is 2.72. The lowest BCUT2D eigenvalue weighted by Crippen LogP contribution is -2.53. The van der Waals surface area contributed by atoms with Gasteiger partial charge in [0, 0.05) is 52.3 Å². The van der Waals surface area contributed by atoms with Crippen LogP contribution in [-0.4, -0.2) is 66.6 Å². The molecule has 0 spiro atoms. The molecule has 0 bridgehead atoms. The van der Waals surface area contributed by atoms with E-state index in [1.807, 2.05) is 18.7 Å². The summed E-state index contributed by atoms with van der Waals surface area (Å²) in [5.41, 5.74) is 2.11. The van der Waals surface area contributed by atoms with Gasteiger partial charge in [-0.2, -0.15) is 0 Å². The molecule has 1 aliphatic heterocycles. The van der Waals surface area contributed by atoms with Crippen LogP contribution in [0.4, 0.5) is 0 Å². The van der Waals surface area contributed by atoms with Gasteiger partial charge < -0.3 is 19.6 Å². The fraction of sp³-hybridized carbons (Fsp3) is 0.667. The number of aryl methyl sites for hydroxylation is 2. The number of nitrogens with one attached hydrogen (secondary N) is 1. The number of rotatable bonds is 3. The van der Waals surface area contributed by atoms with Crippen LogP contribution in [-0.2, 0) is 11.2 Å². The van der Waals surface area contributed by atoms with Gasteiger partial charge in [0.05, 0.1) is 5.69 Å². The monoisotopic (exact) mass is 435 g/mol. The zero-order valence-electron chi connectivity index (χ0n) is 14.3. The zero-order valence-corrected chi connectivity index (χ0v) is 16.6. The Morgan fingerprint density at radius 3 is 2.35 bits per heavy atom. The van der Waals surface area contributed by atoms with E-state index in [2.05, 4.69) is 20.4 Å². The van der Waals surface area contributed by atoms with Crippen molar-refractivity contribution in [3.8, 4) is 0 Å². The van der Waals surface area contributed by atoms with Crippen LogP contribution in [0, 0.1) is 13.8 Å². The Labute approximate surface area is 154 Å². The van der Waals surface area contributed by atoms with Gasteiger partial charge in [0.2, 0.25) is 5.91 Å². The van der Waals surface area contributed by atoms with Gasteiger partial charge in [0.15, 0.2) is 5.96 Å². The number of nitrogens with zero attached hydrogens (tertiary/aromatic N) is 4. The fourth-order valence-corrected chi connectivity index (χ4v) is 2.72. The molecule has 0 unspecified atom stereocenters. The smallest absolute Gasteiger partial charge is 0.219 e. The predicted molar refractivity (Wildman–Crippen MR) is 100 cm³/mol. The third-order valence-electron chi connectivity index (χ3n) is 4.08. The molecule has 0 saturated carbocycles. The third-order valence-corrected chi connectivity index (χ3v) is 4.08. The summed E-state index contributed by atoms with van der Waals surface area (Å²) in [5, 5.41) is 7.35. The van der Waals surface area contributed by atoms with Crippen LogP contribution in [0.15, 0.2) is 9.52 Å². The first-order chi connectivity index (χ1) is 10.5. The van der Waals surface area contributed by atoms with E-state index < -0.39 is 0 Å². The second-order valence-corrected chi connectivity index (χ2v) is 5.52. The Kier molecular flexibility index (Phi) is 7.80. The van der Waals surface area contributed by atoms with Crippen LogP contribution in [0.3, 0.4) is 0 Å². The summed E-state index contributed by atoms with van der Waals surface area (Å²) in [6, 6.07) is 0. The molecule has 23 heavy (non-hydrogen) atoms. The molecule has 1 aliphatic rings. The molecule has 1 saturated heterocycles. The highest BCUT2D eigenvalue weighted by molar-refractivity contribution is 14.0. The van der Waals surface area contributed by atoms with Gasteiger partial charge >= 0.3 is 0 Å². The average Bonchev–Trinajstić information content (AvgIpc) is 2.83. The first kappa shape index (κ1) is 19.7. The molecule has 7 nitrogen and oxygen atoms in total. The molecular formula is C15H26IN5O2. The largest absolute Gasteiger partial charge is 0.361 e. The molecule has 1 fully saturated rings. The number of guanidine groups is 1. The maximum Gasteiger partial charge on any atom is 0.219 e. The Hall–Kier alpha value is -1.32. The van der Waals surface area contributed by atoms with Crippen molar-refractivity contribution in [3.05, 3.63) is 17.0 Å². The molecule has 130 valence electrons. The molecule has 2 heterocycles. The molecule has 0 atom stereocenters. The minimum Gasteiger partial charge on any atom is -0.361 e. The Morgan fingerprint density at radius 1 is 1.26 bits per heavy atom. The summed E-state index contributed by atoms with van der Waals surface area (Å²) in [4.78, 5) is 19.7. The summed E-state index contributed by atoms with van der Waals surface area (Å²) >= 11 is 0. The lowest BCUT2D eigenvalue weighted by molar-refractivity contribution is -0.130. The van der Waals surface area contributed by atoms with Crippen LogP contribution in [0.5, 0.6) is 0 Å². The van der Waals surface area contributed by atoms with Crippen molar-refractivity contribution in [3.63, 3.8) is 0 Å². The van der Waals surface area contributed by atoms with E-state index in [1.54, 1.807) is 14.0 Å². The quantitative estimate of drug-likeness (QED) is 0.439. The lowest BCUT2D eigenvalue weighted by atomic mass is 10.1. The predicted octanol–water partition coefficient (Wildman–Crippen LogP) is 1.19. The van der Waals surface area contributed by atoms with Crippen molar-refractivity contribution < 1.29 is 9.32 Å². The molecular weight excluding hydrogens is 409 g/mol. The lowest BCUT2D eigenvalue weighted by Gasteiger charge is -2.36. The summed E-state index contributed by atoms with van der Waals surface area (Å²) in [6.45, 7) is 9.41. The van der Waals surface area contributed by atoms with Crippen molar-refractivity contribution in [2.75, 3.05) is 39.8 Å². The van der Waals surface area contributed by atoms with E-state index in [0.717, 1.165) is 62.1 Å². The number of halogens is 1. The summed E-state index contributed by atoms with van der Waals surface area (Å²) < 4.78 is 5.17. The van der Waals surface area contributed by atoms with Crippen LogP contribution >= 0.6 is 24.0 Å². The standard InChI is InChI=1S/C15H25N5O2.HI/c1-11-14(12(2)22-18-11)5-6-17-15(16-4)20-9-7-19(8-10-20)13(3)21;/h5-10H2,1-4H3,(H,16,17);1H. The van der Waals surface area contributed by atoms with Crippen LogP contribution in [0.1, 0.15) is 23.9 Å². The number of piperazine rings is 1. The van der Waals surface area contributed by atoms with Gasteiger partial charge in [-0.1, -0.05) is 5.16 Å². The van der Waals surface area contributed by atoms with Crippen LogP contribution < -0.4 is 5.32 Å². The van der Waals surface area contributed by atoms with Gasteiger partial charge in [0.1, 0.15) is 5.76 Å². The zero-order chi connectivity index (χ0) is 16.1. The van der Waals surface area contributed by atoms with E-state index in [-0.39, 0.29) is 29.9 Å². The van der Waals surface area contributed by atoms with Gasteiger partial charge in [-0.3, -0.25) is 9.79 Å². The molecule has 1 aromatic rings. The van der Waals surface area contributed by atoms with E-state index >= 15 is 0 Å². The molecule has 0 aromatic carbocycles. The number of aromatic nitrogens is 1. The SMILES string of the molecule is CN=C(NCCc1c(C)noc1C)N1CCN(C(C)=O)CC1.I. The number of aliphatic imine (C=N–C) groups is 1. The first-order valence-corrected chi connectivity index (χ1v) is 7.65. The Bertz CT molecular complexity index is 531.